The largest absolute Gasteiger partial charge is 0.344 e. The fourth-order valence-electron chi connectivity index (χ4n) is 1.07. The summed E-state index contributed by atoms with van der Waals surface area (Å²) in [5, 5.41) is 12.8. The van der Waals surface area contributed by atoms with Crippen molar-refractivity contribution in [2.75, 3.05) is 6.54 Å². The zero-order chi connectivity index (χ0) is 12.7. The molecule has 0 aliphatic heterocycles. The number of nitrogens with zero attached hydrogens (tertiary/aromatic N) is 2. The van der Waals surface area contributed by atoms with Gasteiger partial charge in [0.05, 0.1) is 6.07 Å². The minimum atomic E-state index is -0.813. The maximum atomic E-state index is 11.2. The van der Waals surface area contributed by atoms with Crippen LogP contribution in [0.1, 0.15) is 11.3 Å². The molecule has 1 aromatic rings. The number of aromatic nitrogens is 1. The molecule has 0 fully saturated rings. The van der Waals surface area contributed by atoms with Crippen LogP contribution >= 0.6 is 0 Å². The van der Waals surface area contributed by atoms with E-state index in [0.717, 1.165) is 11.3 Å². The summed E-state index contributed by atoms with van der Waals surface area (Å²) in [5.41, 5.74) is 1.68. The number of carbonyl (C=O) groups excluding carboxylic acids is 2. The molecule has 6 nitrogen and oxygen atoms in total. The summed E-state index contributed by atoms with van der Waals surface area (Å²) < 4.78 is 0. The van der Waals surface area contributed by atoms with Crippen molar-refractivity contribution >= 4 is 11.8 Å². The Kier molecular flexibility index (Phi) is 4.63. The molecule has 1 aromatic heterocycles. The van der Waals surface area contributed by atoms with Crippen LogP contribution in [-0.2, 0) is 16.1 Å². The molecule has 0 aliphatic rings. The Balaban J connectivity index is 2.40. The van der Waals surface area contributed by atoms with Crippen molar-refractivity contribution in [1.29, 1.82) is 5.26 Å². The number of hydrogen-bond acceptors (Lipinski definition) is 4. The standard InChI is InChI=1S/C11H12N4O2/c1-8-2-3-9(6-14-8)7-15-11(17)10(16)13-5-4-12/h2-3,6H,5,7H2,1H3,(H,13,16)(H,15,17). The molecule has 0 bridgehead atoms. The number of rotatable bonds is 3. The number of amides is 2. The lowest BCUT2D eigenvalue weighted by Gasteiger charge is -2.04. The van der Waals surface area contributed by atoms with Crippen molar-refractivity contribution in [2.45, 2.75) is 13.5 Å². The van der Waals surface area contributed by atoms with Crippen molar-refractivity contribution < 1.29 is 9.59 Å². The first-order valence-corrected chi connectivity index (χ1v) is 4.98. The fraction of sp³-hybridized carbons (Fsp3) is 0.273. The molecule has 88 valence electrons. The van der Waals surface area contributed by atoms with Crippen LogP contribution in [0, 0.1) is 18.3 Å². The number of aryl methyl sites for hydroxylation is 1. The van der Waals surface area contributed by atoms with E-state index in [1.807, 2.05) is 19.1 Å². The number of hydrogen-bond donors (Lipinski definition) is 2. The van der Waals surface area contributed by atoms with E-state index >= 15 is 0 Å². The number of nitrogens with one attached hydrogen (secondary N) is 2. The van der Waals surface area contributed by atoms with Crippen LogP contribution in [0.2, 0.25) is 0 Å². The average molecular weight is 232 g/mol. The fourth-order valence-corrected chi connectivity index (χ4v) is 1.07. The molecule has 17 heavy (non-hydrogen) atoms. The predicted molar refractivity (Wildman–Crippen MR) is 59.4 cm³/mol. The van der Waals surface area contributed by atoms with Gasteiger partial charge in [-0.1, -0.05) is 6.07 Å². The summed E-state index contributed by atoms with van der Waals surface area (Å²) in [6.45, 7) is 1.90. The zero-order valence-electron chi connectivity index (χ0n) is 9.36. The highest BCUT2D eigenvalue weighted by atomic mass is 16.2. The summed E-state index contributed by atoms with van der Waals surface area (Å²) in [5.74, 6) is -1.58. The highest BCUT2D eigenvalue weighted by molar-refractivity contribution is 6.35. The van der Waals surface area contributed by atoms with Crippen molar-refractivity contribution in [3.05, 3.63) is 29.6 Å². The van der Waals surface area contributed by atoms with E-state index in [1.165, 1.54) is 0 Å². The maximum Gasteiger partial charge on any atom is 0.310 e. The summed E-state index contributed by atoms with van der Waals surface area (Å²) in [6, 6.07) is 5.34. The molecular weight excluding hydrogens is 220 g/mol. The Hall–Kier alpha value is -2.42. The van der Waals surface area contributed by atoms with Gasteiger partial charge in [0.25, 0.3) is 0 Å². The average Bonchev–Trinajstić information content (AvgIpc) is 2.34. The van der Waals surface area contributed by atoms with Gasteiger partial charge in [0.2, 0.25) is 0 Å². The monoisotopic (exact) mass is 232 g/mol. The lowest BCUT2D eigenvalue weighted by Crippen LogP contribution is -2.39. The Morgan fingerprint density at radius 1 is 1.35 bits per heavy atom. The molecule has 0 aromatic carbocycles. The molecule has 0 spiro atoms. The second-order valence-electron chi connectivity index (χ2n) is 3.33. The summed E-state index contributed by atoms with van der Waals surface area (Å²) >= 11 is 0. The van der Waals surface area contributed by atoms with Gasteiger partial charge >= 0.3 is 11.8 Å². The minimum Gasteiger partial charge on any atom is -0.344 e. The van der Waals surface area contributed by atoms with Gasteiger partial charge in [-0.05, 0) is 18.6 Å². The van der Waals surface area contributed by atoms with Gasteiger partial charge in [0.15, 0.2) is 0 Å². The lowest BCUT2D eigenvalue weighted by molar-refractivity contribution is -0.139. The number of nitriles is 1. The first-order valence-electron chi connectivity index (χ1n) is 4.98. The molecule has 0 saturated carbocycles. The lowest BCUT2D eigenvalue weighted by atomic mass is 10.2. The third kappa shape index (κ3) is 4.30. The number of carbonyl (C=O) groups is 2. The van der Waals surface area contributed by atoms with Gasteiger partial charge < -0.3 is 10.6 Å². The molecule has 0 saturated heterocycles. The van der Waals surface area contributed by atoms with Crippen LogP contribution in [0.15, 0.2) is 18.3 Å². The first-order chi connectivity index (χ1) is 8.13. The van der Waals surface area contributed by atoms with E-state index in [9.17, 15) is 9.59 Å². The summed E-state index contributed by atoms with van der Waals surface area (Å²) in [4.78, 5) is 26.4. The molecule has 0 radical (unpaired) electrons. The molecule has 2 N–H and O–H groups in total. The summed E-state index contributed by atoms with van der Waals surface area (Å²) in [7, 11) is 0. The van der Waals surface area contributed by atoms with Crippen molar-refractivity contribution in [3.8, 4) is 6.07 Å². The van der Waals surface area contributed by atoms with E-state index in [0.29, 0.717) is 0 Å². The van der Waals surface area contributed by atoms with Gasteiger partial charge in [0, 0.05) is 18.4 Å². The zero-order valence-corrected chi connectivity index (χ0v) is 9.36. The third-order valence-corrected chi connectivity index (χ3v) is 1.96. The molecule has 0 unspecified atom stereocenters. The summed E-state index contributed by atoms with van der Waals surface area (Å²) in [6.07, 6.45) is 1.63. The smallest absolute Gasteiger partial charge is 0.310 e. The Morgan fingerprint density at radius 3 is 2.65 bits per heavy atom. The molecule has 1 heterocycles. The van der Waals surface area contributed by atoms with E-state index in [1.54, 1.807) is 12.3 Å². The second-order valence-corrected chi connectivity index (χ2v) is 3.33. The van der Waals surface area contributed by atoms with Gasteiger partial charge in [0.1, 0.15) is 6.54 Å². The van der Waals surface area contributed by atoms with Gasteiger partial charge in [-0.15, -0.1) is 0 Å². The predicted octanol–water partition coefficient (Wildman–Crippen LogP) is -0.354. The van der Waals surface area contributed by atoms with Crippen LogP contribution in [-0.4, -0.2) is 23.3 Å². The van der Waals surface area contributed by atoms with Gasteiger partial charge in [-0.25, -0.2) is 0 Å². The molecule has 6 heteroatoms. The quantitative estimate of drug-likeness (QED) is 0.550. The van der Waals surface area contributed by atoms with Crippen molar-refractivity contribution in [1.82, 2.24) is 15.6 Å². The van der Waals surface area contributed by atoms with Crippen LogP contribution in [0.3, 0.4) is 0 Å². The first kappa shape index (κ1) is 12.6. The highest BCUT2D eigenvalue weighted by Gasteiger charge is 2.11. The van der Waals surface area contributed by atoms with Crippen LogP contribution in [0.5, 0.6) is 0 Å². The Bertz CT molecular complexity index is 448. The highest BCUT2D eigenvalue weighted by Crippen LogP contribution is 1.98. The number of pyridine rings is 1. The van der Waals surface area contributed by atoms with E-state index in [2.05, 4.69) is 15.6 Å². The van der Waals surface area contributed by atoms with Crippen molar-refractivity contribution in [2.24, 2.45) is 0 Å². The Labute approximate surface area is 98.7 Å². The van der Waals surface area contributed by atoms with E-state index < -0.39 is 11.8 Å². The second kappa shape index (κ2) is 6.23. The molecule has 2 amide bonds. The molecule has 0 atom stereocenters. The van der Waals surface area contributed by atoms with Crippen LogP contribution in [0.4, 0.5) is 0 Å². The van der Waals surface area contributed by atoms with E-state index in [-0.39, 0.29) is 13.1 Å². The van der Waals surface area contributed by atoms with Crippen molar-refractivity contribution in [3.63, 3.8) is 0 Å². The maximum absolute atomic E-state index is 11.2. The topological polar surface area (TPSA) is 94.9 Å². The van der Waals surface area contributed by atoms with Crippen LogP contribution < -0.4 is 10.6 Å². The normalized spacial score (nSPS) is 9.18. The van der Waals surface area contributed by atoms with Gasteiger partial charge in [-0.3, -0.25) is 14.6 Å². The molecule has 1 rings (SSSR count). The molecular formula is C11H12N4O2. The SMILES string of the molecule is Cc1ccc(CNC(=O)C(=O)NCC#N)cn1. The molecule has 0 aliphatic carbocycles. The third-order valence-electron chi connectivity index (χ3n) is 1.96. The van der Waals surface area contributed by atoms with Gasteiger partial charge in [-0.2, -0.15) is 5.26 Å². The van der Waals surface area contributed by atoms with E-state index in [4.69, 9.17) is 5.26 Å². The van der Waals surface area contributed by atoms with Crippen LogP contribution in [0.25, 0.3) is 0 Å². The Morgan fingerprint density at radius 2 is 2.06 bits per heavy atom. The minimum absolute atomic E-state index is 0.182.